The minimum Gasteiger partial charge on any atom is -0.480 e. The normalized spacial score (nSPS) is 16.7. The van der Waals surface area contributed by atoms with Gasteiger partial charge in [0.25, 0.3) is 17.7 Å². The largest absolute Gasteiger partial charge is 0.480 e. The predicted octanol–water partition coefficient (Wildman–Crippen LogP) is -1.15. The lowest BCUT2D eigenvalue weighted by molar-refractivity contribution is -0.153. The number of benzene rings is 2. The zero-order valence-corrected chi connectivity index (χ0v) is 21.9. The summed E-state index contributed by atoms with van der Waals surface area (Å²) in [5.41, 5.74) is 11.1. The first-order valence-electron chi connectivity index (χ1n) is 12.7. The van der Waals surface area contributed by atoms with Crippen molar-refractivity contribution in [2.24, 2.45) is 11.5 Å². The van der Waals surface area contributed by atoms with Gasteiger partial charge in [-0.2, -0.15) is 0 Å². The molecular formula is C27H33N7O6. The summed E-state index contributed by atoms with van der Waals surface area (Å²) in [6.45, 7) is -0.502. The summed E-state index contributed by atoms with van der Waals surface area (Å²) in [5, 5.41) is 24.8. The Morgan fingerprint density at radius 2 is 1.55 bits per heavy atom. The second-order valence-electron chi connectivity index (χ2n) is 9.29. The SMILES string of the molecule is N=C(N)c1ccc(C(=O)NCCC2(C(=O)CNC(=O)c3ccc(CCN)cc3)NCCN(CC(=O)O)C2=O)cc1. The highest BCUT2D eigenvalue weighted by Gasteiger charge is 2.49. The van der Waals surface area contributed by atoms with Crippen molar-refractivity contribution in [3.05, 3.63) is 70.8 Å². The van der Waals surface area contributed by atoms with Gasteiger partial charge < -0.3 is 32.1 Å². The smallest absolute Gasteiger partial charge is 0.323 e. The van der Waals surface area contributed by atoms with Gasteiger partial charge in [0.05, 0.1) is 6.54 Å². The van der Waals surface area contributed by atoms with Crippen molar-refractivity contribution in [1.82, 2.24) is 20.9 Å². The minimum absolute atomic E-state index is 0.0799. The Morgan fingerprint density at radius 3 is 2.12 bits per heavy atom. The number of carbonyl (C=O) groups excluding carboxylic acids is 4. The molecule has 0 spiro atoms. The molecule has 1 atom stereocenters. The molecule has 1 heterocycles. The van der Waals surface area contributed by atoms with Crippen LogP contribution in [0, 0.1) is 5.41 Å². The number of nitrogen functional groups attached to an aromatic ring is 1. The summed E-state index contributed by atoms with van der Waals surface area (Å²) >= 11 is 0. The van der Waals surface area contributed by atoms with Gasteiger partial charge in [0, 0.05) is 36.3 Å². The predicted molar refractivity (Wildman–Crippen MR) is 146 cm³/mol. The lowest BCUT2D eigenvalue weighted by Gasteiger charge is -2.41. The number of nitrogens with one attached hydrogen (secondary N) is 4. The number of nitrogens with zero attached hydrogens (tertiary/aromatic N) is 1. The van der Waals surface area contributed by atoms with Crippen molar-refractivity contribution in [2.45, 2.75) is 18.4 Å². The number of nitrogens with two attached hydrogens (primary N) is 2. The number of amides is 3. The van der Waals surface area contributed by atoms with E-state index in [-0.39, 0.29) is 37.5 Å². The minimum atomic E-state index is -1.85. The Balaban J connectivity index is 1.71. The number of Topliss-reactive ketones (excluding diaryl/α,β-unsaturated/α-hetero) is 1. The van der Waals surface area contributed by atoms with Crippen molar-refractivity contribution in [1.29, 1.82) is 5.41 Å². The van der Waals surface area contributed by atoms with Gasteiger partial charge in [0.15, 0.2) is 11.3 Å². The molecule has 13 nitrogen and oxygen atoms in total. The van der Waals surface area contributed by atoms with Crippen LogP contribution in [0.5, 0.6) is 0 Å². The van der Waals surface area contributed by atoms with E-state index in [1.807, 2.05) is 0 Å². The van der Waals surface area contributed by atoms with Gasteiger partial charge >= 0.3 is 5.97 Å². The first-order chi connectivity index (χ1) is 19.1. The fraction of sp³-hybridized carbons (Fsp3) is 0.333. The number of hydrogen-bond acceptors (Lipinski definition) is 8. The second-order valence-corrected chi connectivity index (χ2v) is 9.29. The molecule has 1 saturated heterocycles. The number of amidine groups is 1. The van der Waals surface area contributed by atoms with E-state index in [1.54, 1.807) is 24.3 Å². The Labute approximate surface area is 230 Å². The Morgan fingerprint density at radius 1 is 0.975 bits per heavy atom. The van der Waals surface area contributed by atoms with Gasteiger partial charge in [-0.15, -0.1) is 0 Å². The monoisotopic (exact) mass is 551 g/mol. The maximum atomic E-state index is 13.5. The summed E-state index contributed by atoms with van der Waals surface area (Å²) in [6.07, 6.45) is 0.478. The summed E-state index contributed by atoms with van der Waals surface area (Å²) in [7, 11) is 0. The van der Waals surface area contributed by atoms with Gasteiger partial charge in [0.1, 0.15) is 12.4 Å². The van der Waals surface area contributed by atoms with E-state index < -0.39 is 48.1 Å². The molecule has 0 bridgehead atoms. The maximum absolute atomic E-state index is 13.5. The highest BCUT2D eigenvalue weighted by atomic mass is 16.4. The third-order valence-electron chi connectivity index (χ3n) is 6.57. The van der Waals surface area contributed by atoms with E-state index in [1.165, 1.54) is 24.3 Å². The first-order valence-corrected chi connectivity index (χ1v) is 12.7. The summed E-state index contributed by atoms with van der Waals surface area (Å²) < 4.78 is 0. The van der Waals surface area contributed by atoms with E-state index in [0.29, 0.717) is 24.1 Å². The molecule has 40 heavy (non-hydrogen) atoms. The number of carbonyl (C=O) groups is 5. The Hall–Kier alpha value is -4.62. The average Bonchev–Trinajstić information content (AvgIpc) is 2.93. The van der Waals surface area contributed by atoms with Crippen LogP contribution in [-0.2, 0) is 20.8 Å². The van der Waals surface area contributed by atoms with Crippen molar-refractivity contribution in [3.63, 3.8) is 0 Å². The molecule has 0 radical (unpaired) electrons. The first kappa shape index (κ1) is 29.9. The van der Waals surface area contributed by atoms with Crippen LogP contribution in [0.1, 0.15) is 38.3 Å². The van der Waals surface area contributed by atoms with Crippen LogP contribution in [0.2, 0.25) is 0 Å². The topological polar surface area (TPSA) is 221 Å². The van der Waals surface area contributed by atoms with E-state index >= 15 is 0 Å². The van der Waals surface area contributed by atoms with Gasteiger partial charge in [0.2, 0.25) is 0 Å². The summed E-state index contributed by atoms with van der Waals surface area (Å²) in [4.78, 5) is 64.5. The van der Waals surface area contributed by atoms with E-state index in [2.05, 4.69) is 16.0 Å². The number of carboxylic acid groups (broad SMARTS) is 1. The van der Waals surface area contributed by atoms with Gasteiger partial charge in [-0.25, -0.2) is 0 Å². The van der Waals surface area contributed by atoms with Crippen LogP contribution >= 0.6 is 0 Å². The zero-order chi connectivity index (χ0) is 29.3. The number of piperazine rings is 1. The molecule has 2 aromatic rings. The zero-order valence-electron chi connectivity index (χ0n) is 21.9. The van der Waals surface area contributed by atoms with Crippen molar-refractivity contribution >= 4 is 35.3 Å². The van der Waals surface area contributed by atoms with Crippen LogP contribution in [0.4, 0.5) is 0 Å². The van der Waals surface area contributed by atoms with Crippen molar-refractivity contribution in [2.75, 3.05) is 39.3 Å². The maximum Gasteiger partial charge on any atom is 0.323 e. The van der Waals surface area contributed by atoms with E-state index in [0.717, 1.165) is 10.5 Å². The third-order valence-corrected chi connectivity index (χ3v) is 6.57. The molecule has 0 aliphatic carbocycles. The fourth-order valence-corrected chi connectivity index (χ4v) is 4.39. The Bertz CT molecular complexity index is 1280. The second kappa shape index (κ2) is 13.4. The van der Waals surface area contributed by atoms with Crippen LogP contribution in [-0.4, -0.2) is 90.1 Å². The quantitative estimate of drug-likeness (QED) is 0.0905. The number of rotatable bonds is 13. The van der Waals surface area contributed by atoms with Crippen LogP contribution in [0.3, 0.4) is 0 Å². The van der Waals surface area contributed by atoms with Crippen LogP contribution in [0.25, 0.3) is 0 Å². The van der Waals surface area contributed by atoms with Gasteiger partial charge in [-0.1, -0.05) is 24.3 Å². The molecular weight excluding hydrogens is 518 g/mol. The highest BCUT2D eigenvalue weighted by Crippen LogP contribution is 2.20. The number of hydrogen-bond donors (Lipinski definition) is 7. The van der Waals surface area contributed by atoms with E-state index in [4.69, 9.17) is 16.9 Å². The molecule has 212 valence electrons. The molecule has 1 aliphatic rings. The lowest BCUT2D eigenvalue weighted by atomic mass is 9.86. The molecule has 1 fully saturated rings. The third kappa shape index (κ3) is 7.27. The molecule has 0 aromatic heterocycles. The molecule has 13 heteroatoms. The van der Waals surface area contributed by atoms with Gasteiger partial charge in [-0.05, 0) is 49.2 Å². The molecule has 9 N–H and O–H groups in total. The molecule has 1 unspecified atom stereocenters. The van der Waals surface area contributed by atoms with Crippen LogP contribution < -0.4 is 27.4 Å². The fourth-order valence-electron chi connectivity index (χ4n) is 4.39. The number of aliphatic carboxylic acids is 1. The van der Waals surface area contributed by atoms with Crippen LogP contribution in [0.15, 0.2) is 48.5 Å². The molecule has 2 aromatic carbocycles. The molecule has 0 saturated carbocycles. The average molecular weight is 552 g/mol. The van der Waals surface area contributed by atoms with Crippen molar-refractivity contribution < 1.29 is 29.1 Å². The molecule has 3 rings (SSSR count). The molecule has 1 aliphatic heterocycles. The van der Waals surface area contributed by atoms with Crippen molar-refractivity contribution in [3.8, 4) is 0 Å². The standard InChI is InChI=1S/C27H33N7O6/c28-11-9-17-1-3-19(4-2-17)25(39)32-15-21(35)27(26(40)34(14-13-33-27)16-22(36)37)10-12-31-24(38)20-7-5-18(6-8-20)23(29)30/h1-8,33H,9-16,28H2,(H3,29,30)(H,31,38)(H,32,39)(H,36,37). The molecule has 3 amide bonds. The Kier molecular flexibility index (Phi) is 10.1. The van der Waals surface area contributed by atoms with Gasteiger partial charge in [-0.3, -0.25) is 34.7 Å². The summed E-state index contributed by atoms with van der Waals surface area (Å²) in [5.74, 6) is -3.78. The number of ketones is 1. The lowest BCUT2D eigenvalue weighted by Crippen LogP contribution is -2.70. The number of carboxylic acids is 1. The van der Waals surface area contributed by atoms with E-state index in [9.17, 15) is 29.1 Å². The highest BCUT2D eigenvalue weighted by molar-refractivity contribution is 6.13. The summed E-state index contributed by atoms with van der Waals surface area (Å²) in [6, 6.07) is 12.8.